The molecule has 0 N–H and O–H groups in total. The van der Waals surface area contributed by atoms with Gasteiger partial charge in [-0.1, -0.05) is 103 Å². The Morgan fingerprint density at radius 2 is 0.750 bits per heavy atom. The molecule has 0 atom stereocenters. The van der Waals surface area contributed by atoms with Gasteiger partial charge in [-0.3, -0.25) is 0 Å². The molecule has 52 heavy (non-hydrogen) atoms. The van der Waals surface area contributed by atoms with Crippen LogP contribution in [0, 0.1) is 0 Å². The highest BCUT2D eigenvalue weighted by atomic mass is 32.1. The molecule has 0 amide bonds. The summed E-state index contributed by atoms with van der Waals surface area (Å²) < 4.78 is 9.98. The summed E-state index contributed by atoms with van der Waals surface area (Å²) in [5, 5.41) is 10.2. The minimum absolute atomic E-state index is 1.15. The van der Waals surface area contributed by atoms with Crippen LogP contribution in [0.5, 0.6) is 0 Å². The Morgan fingerprint density at radius 3 is 1.42 bits per heavy atom. The zero-order valence-electron chi connectivity index (χ0n) is 28.0. The van der Waals surface area contributed by atoms with Gasteiger partial charge < -0.3 is 13.7 Å². The summed E-state index contributed by atoms with van der Waals surface area (Å²) in [4.78, 5) is 0. The monoisotopic (exact) mass is 679 g/mol. The first-order valence-corrected chi connectivity index (χ1v) is 18.6. The number of nitrogens with zero attached hydrogens (tertiary/aromatic N) is 3. The second kappa shape index (κ2) is 10.5. The molecule has 12 rings (SSSR count). The van der Waals surface area contributed by atoms with E-state index in [0.717, 1.165) is 11.4 Å². The Balaban J connectivity index is 1.14. The van der Waals surface area contributed by atoms with Gasteiger partial charge in [-0.15, -0.1) is 11.3 Å². The highest BCUT2D eigenvalue weighted by Crippen LogP contribution is 2.42. The van der Waals surface area contributed by atoms with Crippen LogP contribution in [0.4, 0.5) is 0 Å². The van der Waals surface area contributed by atoms with Gasteiger partial charge in [0.15, 0.2) is 0 Å². The van der Waals surface area contributed by atoms with Crippen LogP contribution in [-0.4, -0.2) is 13.7 Å². The summed E-state index contributed by atoms with van der Waals surface area (Å²) in [7, 11) is 0. The van der Waals surface area contributed by atoms with Crippen molar-refractivity contribution in [3.05, 3.63) is 176 Å². The molecule has 0 saturated carbocycles. The van der Waals surface area contributed by atoms with E-state index in [1.165, 1.54) is 91.3 Å². The van der Waals surface area contributed by atoms with E-state index in [0.29, 0.717) is 0 Å². The van der Waals surface area contributed by atoms with E-state index >= 15 is 0 Å². The van der Waals surface area contributed by atoms with E-state index in [9.17, 15) is 0 Å². The van der Waals surface area contributed by atoms with Crippen molar-refractivity contribution in [2.75, 3.05) is 0 Å². The van der Waals surface area contributed by atoms with Gasteiger partial charge in [-0.25, -0.2) is 0 Å². The van der Waals surface area contributed by atoms with Gasteiger partial charge in [0.2, 0.25) is 0 Å². The molecule has 0 radical (unpaired) electrons. The number of benzene rings is 8. The number of para-hydroxylation sites is 4. The zero-order chi connectivity index (χ0) is 33.9. The van der Waals surface area contributed by atoms with Crippen molar-refractivity contribution in [1.29, 1.82) is 0 Å². The van der Waals surface area contributed by atoms with Crippen LogP contribution in [0.15, 0.2) is 176 Å². The Hall–Kier alpha value is -6.62. The lowest BCUT2D eigenvalue weighted by atomic mass is 10.1. The van der Waals surface area contributed by atoms with Gasteiger partial charge in [0.25, 0.3) is 0 Å². The van der Waals surface area contributed by atoms with Crippen molar-refractivity contribution < 1.29 is 0 Å². The minimum atomic E-state index is 1.15. The van der Waals surface area contributed by atoms with Crippen LogP contribution < -0.4 is 0 Å². The highest BCUT2D eigenvalue weighted by Gasteiger charge is 2.20. The number of hydrogen-bond acceptors (Lipinski definition) is 1. The summed E-state index contributed by atoms with van der Waals surface area (Å²) in [5.74, 6) is 0. The van der Waals surface area contributed by atoms with Crippen LogP contribution in [0.2, 0.25) is 0 Å². The molecule has 4 heterocycles. The maximum Gasteiger partial charge on any atom is 0.0561 e. The van der Waals surface area contributed by atoms with Crippen molar-refractivity contribution in [1.82, 2.24) is 13.7 Å². The molecule has 3 nitrogen and oxygen atoms in total. The van der Waals surface area contributed by atoms with Crippen LogP contribution in [0.1, 0.15) is 0 Å². The van der Waals surface area contributed by atoms with E-state index in [-0.39, 0.29) is 0 Å². The standard InChI is InChI=1S/C48H29N3S/c1-6-17-39-32(12-1)33-13-2-7-18-40(33)49(39)31-24-26-36-34-14-3-8-19-41(34)50(45(36)29-31)30-25-27-43-38(28-30)35-15-4-9-20-42(35)51(43)44-21-11-23-47-48(44)37-16-5-10-22-46(37)52-47/h1-29H. The number of aromatic nitrogens is 3. The predicted octanol–water partition coefficient (Wildman–Crippen LogP) is 13.3. The van der Waals surface area contributed by atoms with Crippen molar-refractivity contribution in [3.63, 3.8) is 0 Å². The summed E-state index contributed by atoms with van der Waals surface area (Å²) in [6.45, 7) is 0. The number of thiophene rings is 1. The summed E-state index contributed by atoms with van der Waals surface area (Å²) in [6.07, 6.45) is 0. The molecule has 242 valence electrons. The fourth-order valence-corrected chi connectivity index (χ4v) is 10.0. The van der Waals surface area contributed by atoms with E-state index in [2.05, 4.69) is 190 Å². The fraction of sp³-hybridized carbons (Fsp3) is 0. The van der Waals surface area contributed by atoms with Gasteiger partial charge in [0.1, 0.15) is 0 Å². The summed E-state index contributed by atoms with van der Waals surface area (Å²) >= 11 is 1.87. The Labute approximate surface area is 302 Å². The molecule has 0 spiro atoms. The normalized spacial score (nSPS) is 12.2. The first-order chi connectivity index (χ1) is 25.8. The predicted molar refractivity (Wildman–Crippen MR) is 222 cm³/mol. The molecule has 0 aliphatic carbocycles. The highest BCUT2D eigenvalue weighted by molar-refractivity contribution is 7.25. The number of hydrogen-bond donors (Lipinski definition) is 0. The third kappa shape index (κ3) is 3.74. The van der Waals surface area contributed by atoms with Crippen LogP contribution in [0.25, 0.3) is 103 Å². The molecule has 8 aromatic carbocycles. The second-order valence-electron chi connectivity index (χ2n) is 13.7. The smallest absolute Gasteiger partial charge is 0.0561 e. The van der Waals surface area contributed by atoms with Gasteiger partial charge in [0, 0.05) is 63.9 Å². The largest absolute Gasteiger partial charge is 0.309 e. The van der Waals surface area contributed by atoms with Crippen LogP contribution >= 0.6 is 11.3 Å². The second-order valence-corrected chi connectivity index (χ2v) is 14.8. The Kier molecular flexibility index (Phi) is 5.65. The molecular weight excluding hydrogens is 651 g/mol. The average Bonchev–Trinajstić information content (AvgIpc) is 3.94. The molecule has 4 heteroatoms. The molecule has 12 aromatic rings. The van der Waals surface area contributed by atoms with Gasteiger partial charge in [-0.05, 0) is 72.8 Å². The van der Waals surface area contributed by atoms with Gasteiger partial charge in [0.05, 0.1) is 38.8 Å². The molecule has 4 aromatic heterocycles. The van der Waals surface area contributed by atoms with Crippen molar-refractivity contribution in [2.24, 2.45) is 0 Å². The average molecular weight is 680 g/mol. The minimum Gasteiger partial charge on any atom is -0.309 e. The maximum absolute atomic E-state index is 2.47. The molecule has 0 aliphatic rings. The van der Waals surface area contributed by atoms with Crippen molar-refractivity contribution in [2.45, 2.75) is 0 Å². The third-order valence-electron chi connectivity index (χ3n) is 11.0. The Bertz CT molecular complexity index is 3370. The third-order valence-corrected chi connectivity index (χ3v) is 12.2. The van der Waals surface area contributed by atoms with Gasteiger partial charge in [-0.2, -0.15) is 0 Å². The van der Waals surface area contributed by atoms with E-state index in [1.807, 2.05) is 11.3 Å². The van der Waals surface area contributed by atoms with E-state index in [4.69, 9.17) is 0 Å². The lowest BCUT2D eigenvalue weighted by Crippen LogP contribution is -1.97. The first kappa shape index (κ1) is 28.1. The topological polar surface area (TPSA) is 14.8 Å². The molecular formula is C48H29N3S. The number of fused-ring (bicyclic) bond motifs is 12. The molecule has 0 saturated heterocycles. The van der Waals surface area contributed by atoms with Crippen LogP contribution in [-0.2, 0) is 0 Å². The maximum atomic E-state index is 2.47. The van der Waals surface area contributed by atoms with E-state index < -0.39 is 0 Å². The fourth-order valence-electron chi connectivity index (χ4n) is 8.88. The first-order valence-electron chi connectivity index (χ1n) is 17.8. The molecule has 0 bridgehead atoms. The van der Waals surface area contributed by atoms with Crippen LogP contribution in [0.3, 0.4) is 0 Å². The summed E-state index contributed by atoms with van der Waals surface area (Å²) in [6, 6.07) is 64.7. The zero-order valence-corrected chi connectivity index (χ0v) is 28.8. The lowest BCUT2D eigenvalue weighted by Gasteiger charge is -2.13. The quantitative estimate of drug-likeness (QED) is 0.177. The Morgan fingerprint density at radius 1 is 0.288 bits per heavy atom. The molecule has 0 aliphatic heterocycles. The van der Waals surface area contributed by atoms with Gasteiger partial charge >= 0.3 is 0 Å². The molecule has 0 unspecified atom stereocenters. The lowest BCUT2D eigenvalue weighted by molar-refractivity contribution is 1.15. The SMILES string of the molecule is c1ccc2c(c1)sc1cccc(-n3c4ccccc4c4cc(-n5c6ccccc6c6ccc(-n7c8ccccc8c8ccccc87)cc65)ccc43)c12. The number of rotatable bonds is 3. The molecule has 0 fully saturated rings. The van der Waals surface area contributed by atoms with Crippen molar-refractivity contribution >= 4 is 96.9 Å². The summed E-state index contributed by atoms with van der Waals surface area (Å²) in [5.41, 5.74) is 10.8. The van der Waals surface area contributed by atoms with E-state index in [1.54, 1.807) is 0 Å². The van der Waals surface area contributed by atoms with Crippen molar-refractivity contribution in [3.8, 4) is 17.1 Å².